The summed E-state index contributed by atoms with van der Waals surface area (Å²) < 4.78 is 50.6. The zero-order valence-corrected chi connectivity index (χ0v) is 33.9. The predicted octanol–water partition coefficient (Wildman–Crippen LogP) is 4.86. The Balaban J connectivity index is 0.000000161. The van der Waals surface area contributed by atoms with Crippen molar-refractivity contribution in [3.8, 4) is 0 Å². The molecule has 2 saturated carbocycles. The zero-order valence-electron chi connectivity index (χ0n) is 32.2. The highest BCUT2D eigenvalue weighted by Gasteiger charge is 2.66. The van der Waals surface area contributed by atoms with Crippen molar-refractivity contribution in [3.63, 3.8) is 0 Å². The molecule has 4 aromatic rings. The average molecular weight is 813 g/mol. The first kappa shape index (κ1) is 41.3. The molecule has 4 heterocycles. The zero-order chi connectivity index (χ0) is 41.0. The Morgan fingerprint density at radius 1 is 0.702 bits per heavy atom. The van der Waals surface area contributed by atoms with E-state index in [4.69, 9.17) is 5.11 Å². The number of carbonyl (C=O) groups excluding carboxylic acids is 1. The molecule has 4 atom stereocenters. The summed E-state index contributed by atoms with van der Waals surface area (Å²) in [4.78, 5) is 32.5. The summed E-state index contributed by atoms with van der Waals surface area (Å²) in [6.45, 7) is 8.07. The number of pyridine rings is 2. The van der Waals surface area contributed by atoms with Crippen LogP contribution in [0.5, 0.6) is 0 Å². The number of hydrogen-bond acceptors (Lipinski definition) is 9. The number of carboxylic acid groups (broad SMARTS) is 1. The number of carboxylic acids is 1. The van der Waals surface area contributed by atoms with Crippen molar-refractivity contribution < 1.29 is 31.5 Å². The summed E-state index contributed by atoms with van der Waals surface area (Å²) in [6, 6.07) is 26.3. The second kappa shape index (κ2) is 16.6. The number of nitrogens with one attached hydrogen (secondary N) is 3. The number of aliphatic carboxylic acids is 1. The lowest BCUT2D eigenvalue weighted by Gasteiger charge is -2.24. The number of rotatable bonds is 10. The van der Waals surface area contributed by atoms with Gasteiger partial charge < -0.3 is 15.3 Å². The fourth-order valence-electron chi connectivity index (χ4n) is 8.35. The number of likely N-dealkylation sites (tertiary alicyclic amines) is 1. The average Bonchev–Trinajstić information content (AvgIpc) is 3.62. The van der Waals surface area contributed by atoms with Gasteiger partial charge in [0.1, 0.15) is 0 Å². The molecule has 15 heteroatoms. The van der Waals surface area contributed by atoms with Crippen molar-refractivity contribution in [1.82, 2.24) is 20.2 Å². The highest BCUT2D eigenvalue weighted by molar-refractivity contribution is 7.92. The summed E-state index contributed by atoms with van der Waals surface area (Å²) in [6.07, 6.45) is 11.5. The number of sulfonamides is 2. The molecular weight excluding hydrogens is 765 g/mol. The Hall–Kier alpha value is -5.38. The fraction of sp³-hybridized carbons (Fsp3) is 0.333. The molecule has 300 valence electrons. The van der Waals surface area contributed by atoms with Crippen molar-refractivity contribution >= 4 is 55.4 Å². The standard InChI is InChI=1S/C21H23N3O3S.C13H18N2O2S.C8H7NO2/c1-21(15-6-5-8-17(12-15)23-28(2,26)27)18-13-24(14-19(18)21)20(25)10-9-16-7-3-4-11-22-16;1-13(11-7-14-8-12(11)13)9-4-3-5-10(6-9)15-18(2,16)17;10-8(11)5-4-7-3-1-2-6-9-7/h3-12,18-19,23H,13-14H2,1-2H3;3-6,11-12,14-15H,7-8H2,1-2H3;1-6H,(H,10,11)/b10-9+;;5-4+. The second-order valence-electron chi connectivity index (χ2n) is 15.3. The van der Waals surface area contributed by atoms with Gasteiger partial charge in [-0.2, -0.15) is 0 Å². The van der Waals surface area contributed by atoms with Crippen LogP contribution in [-0.2, 0) is 40.5 Å². The van der Waals surface area contributed by atoms with Crippen LogP contribution in [0.25, 0.3) is 12.2 Å². The van der Waals surface area contributed by atoms with Gasteiger partial charge in [0.2, 0.25) is 26.0 Å². The van der Waals surface area contributed by atoms with Crippen molar-refractivity contribution in [2.75, 3.05) is 48.1 Å². The van der Waals surface area contributed by atoms with Crippen molar-refractivity contribution in [2.24, 2.45) is 23.7 Å². The van der Waals surface area contributed by atoms with Gasteiger partial charge in [-0.25, -0.2) is 21.6 Å². The van der Waals surface area contributed by atoms with Gasteiger partial charge in [-0.05, 0) is 109 Å². The summed E-state index contributed by atoms with van der Waals surface area (Å²) >= 11 is 0. The molecule has 0 bridgehead atoms. The molecule has 2 aromatic heterocycles. The Bertz CT molecular complexity index is 2350. The molecule has 1 amide bonds. The lowest BCUT2D eigenvalue weighted by molar-refractivity contribution is -0.131. The van der Waals surface area contributed by atoms with Gasteiger partial charge in [0.25, 0.3) is 0 Å². The lowest BCUT2D eigenvalue weighted by atomic mass is 9.92. The predicted molar refractivity (Wildman–Crippen MR) is 222 cm³/mol. The van der Waals surface area contributed by atoms with E-state index < -0.39 is 26.0 Å². The highest BCUT2D eigenvalue weighted by Crippen LogP contribution is 2.63. The molecule has 4 unspecified atom stereocenters. The summed E-state index contributed by atoms with van der Waals surface area (Å²) in [7, 11) is -6.50. The third-order valence-electron chi connectivity index (χ3n) is 11.5. The second-order valence-corrected chi connectivity index (χ2v) is 18.8. The van der Waals surface area contributed by atoms with E-state index in [1.807, 2.05) is 53.4 Å². The minimum absolute atomic E-state index is 0.00713. The maximum Gasteiger partial charge on any atom is 0.328 e. The van der Waals surface area contributed by atoms with E-state index in [0.29, 0.717) is 40.7 Å². The molecule has 2 aliphatic heterocycles. The Labute approximate surface area is 334 Å². The molecule has 4 aliphatic rings. The first-order valence-electron chi connectivity index (χ1n) is 18.5. The number of carbonyl (C=O) groups is 2. The minimum Gasteiger partial charge on any atom is -0.478 e. The number of aromatic nitrogens is 2. The number of anilines is 2. The third kappa shape index (κ3) is 10.1. The van der Waals surface area contributed by atoms with Crippen LogP contribution in [0.2, 0.25) is 0 Å². The number of fused-ring (bicyclic) bond motifs is 2. The van der Waals surface area contributed by atoms with E-state index in [2.05, 4.69) is 44.6 Å². The smallest absolute Gasteiger partial charge is 0.328 e. The number of benzene rings is 2. The Kier molecular flexibility index (Phi) is 12.0. The lowest BCUT2D eigenvalue weighted by Crippen LogP contribution is -2.33. The molecule has 0 spiro atoms. The van der Waals surface area contributed by atoms with Crippen LogP contribution in [0.3, 0.4) is 0 Å². The third-order valence-corrected chi connectivity index (χ3v) is 12.7. The molecule has 8 rings (SSSR count). The van der Waals surface area contributed by atoms with Crippen LogP contribution >= 0.6 is 0 Å². The van der Waals surface area contributed by atoms with E-state index in [1.165, 1.54) is 17.9 Å². The van der Waals surface area contributed by atoms with Gasteiger partial charge in [-0.3, -0.25) is 24.2 Å². The van der Waals surface area contributed by atoms with Crippen LogP contribution in [0.1, 0.15) is 36.4 Å². The van der Waals surface area contributed by atoms with E-state index in [-0.39, 0.29) is 16.7 Å². The number of amides is 1. The van der Waals surface area contributed by atoms with E-state index in [9.17, 15) is 26.4 Å². The molecule has 57 heavy (non-hydrogen) atoms. The molecule has 4 N–H and O–H groups in total. The first-order valence-corrected chi connectivity index (χ1v) is 22.3. The quantitative estimate of drug-likeness (QED) is 0.161. The van der Waals surface area contributed by atoms with Crippen molar-refractivity contribution in [1.29, 1.82) is 0 Å². The van der Waals surface area contributed by atoms with Gasteiger partial charge in [0, 0.05) is 59.8 Å². The summed E-state index contributed by atoms with van der Waals surface area (Å²) in [5.41, 5.74) is 5.22. The van der Waals surface area contributed by atoms with E-state index >= 15 is 0 Å². The van der Waals surface area contributed by atoms with Crippen LogP contribution in [0.15, 0.2) is 109 Å². The topological polar surface area (TPSA) is 188 Å². The maximum absolute atomic E-state index is 12.5. The fourth-order valence-corrected chi connectivity index (χ4v) is 9.46. The molecule has 2 saturated heterocycles. The Morgan fingerprint density at radius 3 is 1.58 bits per heavy atom. The first-order chi connectivity index (χ1) is 27.0. The highest BCUT2D eigenvalue weighted by atomic mass is 32.2. The van der Waals surface area contributed by atoms with Gasteiger partial charge in [0.05, 0.1) is 23.9 Å². The number of piperidine rings is 2. The summed E-state index contributed by atoms with van der Waals surface area (Å²) in [5.74, 6) is 1.24. The summed E-state index contributed by atoms with van der Waals surface area (Å²) in [5, 5.41) is 11.6. The molecule has 2 aromatic carbocycles. The molecular formula is C42H48N6O7S2. The molecule has 0 radical (unpaired) electrons. The van der Waals surface area contributed by atoms with Crippen molar-refractivity contribution in [2.45, 2.75) is 24.7 Å². The van der Waals surface area contributed by atoms with E-state index in [1.54, 1.807) is 54.9 Å². The van der Waals surface area contributed by atoms with Crippen LogP contribution < -0.4 is 14.8 Å². The Morgan fingerprint density at radius 2 is 1.16 bits per heavy atom. The minimum atomic E-state index is -3.30. The molecule has 2 aliphatic carbocycles. The van der Waals surface area contributed by atoms with E-state index in [0.717, 1.165) is 49.8 Å². The maximum atomic E-state index is 12.5. The molecule has 4 fully saturated rings. The van der Waals surface area contributed by atoms with Crippen LogP contribution in [-0.4, -0.2) is 87.4 Å². The van der Waals surface area contributed by atoms with Crippen LogP contribution in [0, 0.1) is 23.7 Å². The number of hydrogen-bond donors (Lipinski definition) is 4. The van der Waals surface area contributed by atoms with Gasteiger partial charge in [-0.1, -0.05) is 50.2 Å². The largest absolute Gasteiger partial charge is 0.478 e. The molecule has 13 nitrogen and oxygen atoms in total. The van der Waals surface area contributed by atoms with Crippen molar-refractivity contribution in [3.05, 3.63) is 132 Å². The normalized spacial score (nSPS) is 25.6. The monoisotopic (exact) mass is 812 g/mol. The number of nitrogens with zero attached hydrogens (tertiary/aromatic N) is 3. The van der Waals surface area contributed by atoms with Gasteiger partial charge in [-0.15, -0.1) is 0 Å². The van der Waals surface area contributed by atoms with Gasteiger partial charge >= 0.3 is 5.97 Å². The van der Waals surface area contributed by atoms with Gasteiger partial charge in [0.15, 0.2) is 0 Å². The SMILES string of the molecule is CC1(c2cccc(NS(C)(=O)=O)c2)C2CN(C(=O)/C=C/c3ccccn3)CC21.CC1(c2cccc(NS(C)(=O)=O)c2)C2CNCC21.O=C(O)/C=C/c1ccccn1. The van der Waals surface area contributed by atoms with Crippen LogP contribution in [0.4, 0.5) is 11.4 Å².